The molecular formula is C18H22F3N3O5. The number of nitro groups is 1. The second-order valence-electron chi connectivity index (χ2n) is 7.25. The number of carbonyl (C=O) groups is 2. The molecule has 2 atom stereocenters. The van der Waals surface area contributed by atoms with Crippen LogP contribution in [0.2, 0.25) is 0 Å². The monoisotopic (exact) mass is 417 g/mol. The van der Waals surface area contributed by atoms with Gasteiger partial charge in [0.2, 0.25) is 0 Å². The fourth-order valence-corrected chi connectivity index (χ4v) is 3.33. The van der Waals surface area contributed by atoms with Gasteiger partial charge in [0, 0.05) is 19.2 Å². The predicted molar refractivity (Wildman–Crippen MR) is 97.1 cm³/mol. The van der Waals surface area contributed by atoms with Crippen LogP contribution >= 0.6 is 0 Å². The Balaban J connectivity index is 1.90. The molecule has 1 aliphatic heterocycles. The summed E-state index contributed by atoms with van der Waals surface area (Å²) in [6.07, 6.45) is -3.72. The summed E-state index contributed by atoms with van der Waals surface area (Å²) in [5, 5.41) is 13.4. The summed E-state index contributed by atoms with van der Waals surface area (Å²) < 4.78 is 43.0. The molecule has 1 heterocycles. The first-order chi connectivity index (χ1) is 13.5. The first-order valence-corrected chi connectivity index (χ1v) is 9.00. The van der Waals surface area contributed by atoms with E-state index in [1.54, 1.807) is 4.90 Å². The molecule has 1 amide bonds. The highest BCUT2D eigenvalue weighted by molar-refractivity contribution is 5.82. The van der Waals surface area contributed by atoms with Crippen molar-refractivity contribution in [1.29, 1.82) is 0 Å². The van der Waals surface area contributed by atoms with E-state index in [-0.39, 0.29) is 11.6 Å². The van der Waals surface area contributed by atoms with Gasteiger partial charge >= 0.3 is 12.1 Å². The van der Waals surface area contributed by atoms with Crippen molar-refractivity contribution in [3.8, 4) is 0 Å². The number of alkyl halides is 3. The quantitative estimate of drug-likeness (QED) is 0.434. The van der Waals surface area contributed by atoms with Crippen molar-refractivity contribution in [1.82, 2.24) is 4.90 Å². The van der Waals surface area contributed by atoms with E-state index in [4.69, 9.17) is 4.74 Å². The number of ether oxygens (including phenoxy) is 1. The van der Waals surface area contributed by atoms with Gasteiger partial charge in [-0.25, -0.2) is 0 Å². The molecule has 0 saturated carbocycles. The molecule has 8 nitrogen and oxygen atoms in total. The molecule has 0 radical (unpaired) electrons. The van der Waals surface area contributed by atoms with Crippen LogP contribution in [-0.2, 0) is 20.5 Å². The van der Waals surface area contributed by atoms with Gasteiger partial charge in [-0.3, -0.25) is 19.7 Å². The van der Waals surface area contributed by atoms with E-state index in [2.05, 4.69) is 5.32 Å². The van der Waals surface area contributed by atoms with Gasteiger partial charge in [-0.05, 0) is 30.4 Å². The van der Waals surface area contributed by atoms with Crippen molar-refractivity contribution >= 4 is 23.3 Å². The number of hydrogen-bond acceptors (Lipinski definition) is 6. The molecule has 1 aliphatic rings. The number of benzene rings is 1. The van der Waals surface area contributed by atoms with Crippen LogP contribution in [0.5, 0.6) is 0 Å². The molecule has 1 aromatic carbocycles. The molecule has 0 aromatic heterocycles. The first-order valence-electron chi connectivity index (χ1n) is 9.00. The summed E-state index contributed by atoms with van der Waals surface area (Å²) in [7, 11) is 0. The fourth-order valence-electron chi connectivity index (χ4n) is 3.33. The van der Waals surface area contributed by atoms with E-state index < -0.39 is 41.5 Å². The minimum absolute atomic E-state index is 0.259. The van der Waals surface area contributed by atoms with Crippen LogP contribution < -0.4 is 5.32 Å². The zero-order chi connectivity index (χ0) is 21.8. The number of piperidine rings is 1. The normalized spacial score (nSPS) is 19.6. The average Bonchev–Trinajstić information content (AvgIpc) is 2.62. The number of nitro benzene ring substituents is 1. The van der Waals surface area contributed by atoms with Gasteiger partial charge < -0.3 is 15.0 Å². The second-order valence-corrected chi connectivity index (χ2v) is 7.25. The summed E-state index contributed by atoms with van der Waals surface area (Å²) >= 11 is 0. The smallest absolute Gasteiger partial charge is 0.416 e. The van der Waals surface area contributed by atoms with Gasteiger partial charge in [0.1, 0.15) is 12.2 Å². The molecule has 160 valence electrons. The van der Waals surface area contributed by atoms with Gasteiger partial charge in [0.25, 0.3) is 11.6 Å². The summed E-state index contributed by atoms with van der Waals surface area (Å²) in [6, 6.07) is 1.93. The Morgan fingerprint density at radius 2 is 1.90 bits per heavy atom. The number of likely N-dealkylation sites (tertiary alicyclic amines) is 1. The summed E-state index contributed by atoms with van der Waals surface area (Å²) in [6.45, 7) is 4.22. The van der Waals surface area contributed by atoms with Crippen LogP contribution in [-0.4, -0.2) is 47.9 Å². The molecule has 2 rings (SSSR count). The highest BCUT2D eigenvalue weighted by Crippen LogP contribution is 2.34. The van der Waals surface area contributed by atoms with E-state index in [1.165, 1.54) is 0 Å². The van der Waals surface area contributed by atoms with Crippen LogP contribution in [0.1, 0.15) is 25.8 Å². The Bertz CT molecular complexity index is 774. The Morgan fingerprint density at radius 3 is 2.45 bits per heavy atom. The first kappa shape index (κ1) is 22.4. The molecule has 0 aliphatic carbocycles. The van der Waals surface area contributed by atoms with Gasteiger partial charge in [-0.15, -0.1) is 0 Å². The van der Waals surface area contributed by atoms with E-state index in [9.17, 15) is 32.9 Å². The Hall–Kier alpha value is -2.85. The molecule has 1 saturated heterocycles. The highest BCUT2D eigenvalue weighted by atomic mass is 19.4. The third-order valence-electron chi connectivity index (χ3n) is 4.52. The van der Waals surface area contributed by atoms with Crippen molar-refractivity contribution in [2.24, 2.45) is 11.8 Å². The molecule has 0 bridgehead atoms. The Morgan fingerprint density at radius 1 is 1.28 bits per heavy atom. The van der Waals surface area contributed by atoms with E-state index in [0.717, 1.165) is 12.5 Å². The third kappa shape index (κ3) is 6.33. The standard InChI is InChI=1S/C18H22F3N3O5/c1-11-5-12(2)9-23(8-11)16(25)10-29-17(26)7-22-14-4-3-13(18(19,20)21)6-15(14)24(27)28/h3-4,6,11-12,22H,5,7-10H2,1-2H3/t11-,12+. The fraction of sp³-hybridized carbons (Fsp3) is 0.556. The Kier molecular flexibility index (Phi) is 7.04. The van der Waals surface area contributed by atoms with E-state index in [1.807, 2.05) is 13.8 Å². The van der Waals surface area contributed by atoms with Crippen molar-refractivity contribution in [3.05, 3.63) is 33.9 Å². The number of rotatable bonds is 6. The van der Waals surface area contributed by atoms with Crippen LogP contribution in [0.25, 0.3) is 0 Å². The Labute approximate surface area is 165 Å². The SMILES string of the molecule is C[C@@H]1C[C@H](C)CN(C(=O)COC(=O)CNc2ccc(C(F)(F)F)cc2[N+](=O)[O-])C1. The number of nitrogens with zero attached hydrogens (tertiary/aromatic N) is 2. The van der Waals surface area contributed by atoms with Crippen LogP contribution in [0.4, 0.5) is 24.5 Å². The molecule has 1 N–H and O–H groups in total. The molecule has 0 unspecified atom stereocenters. The van der Waals surface area contributed by atoms with Crippen molar-refractivity contribution in [2.75, 3.05) is 31.6 Å². The molecule has 1 fully saturated rings. The maximum atomic E-state index is 12.7. The molecule has 0 spiro atoms. The minimum Gasteiger partial charge on any atom is -0.454 e. The second kappa shape index (κ2) is 9.10. The predicted octanol–water partition coefficient (Wildman–Crippen LogP) is 3.07. The van der Waals surface area contributed by atoms with Crippen molar-refractivity contribution in [3.63, 3.8) is 0 Å². The molecular weight excluding hydrogens is 395 g/mol. The van der Waals surface area contributed by atoms with Gasteiger partial charge in [0.15, 0.2) is 6.61 Å². The lowest BCUT2D eigenvalue weighted by Gasteiger charge is -2.34. The van der Waals surface area contributed by atoms with Crippen molar-refractivity contribution in [2.45, 2.75) is 26.4 Å². The number of hydrogen-bond donors (Lipinski definition) is 1. The number of nitrogens with one attached hydrogen (secondary N) is 1. The number of esters is 1. The van der Waals surface area contributed by atoms with Gasteiger partial charge in [-0.2, -0.15) is 13.2 Å². The third-order valence-corrected chi connectivity index (χ3v) is 4.52. The van der Waals surface area contributed by atoms with Crippen LogP contribution in [0.15, 0.2) is 18.2 Å². The van der Waals surface area contributed by atoms with Crippen LogP contribution in [0.3, 0.4) is 0 Å². The lowest BCUT2D eigenvalue weighted by atomic mass is 9.92. The zero-order valence-corrected chi connectivity index (χ0v) is 16.0. The summed E-state index contributed by atoms with van der Waals surface area (Å²) in [4.78, 5) is 35.7. The topological polar surface area (TPSA) is 102 Å². The van der Waals surface area contributed by atoms with E-state index >= 15 is 0 Å². The number of anilines is 1. The maximum Gasteiger partial charge on any atom is 0.416 e. The largest absolute Gasteiger partial charge is 0.454 e. The lowest BCUT2D eigenvalue weighted by molar-refractivity contribution is -0.384. The minimum atomic E-state index is -4.73. The zero-order valence-electron chi connectivity index (χ0n) is 16.0. The number of halogens is 3. The number of amides is 1. The van der Waals surface area contributed by atoms with Crippen molar-refractivity contribution < 1.29 is 32.4 Å². The summed E-state index contributed by atoms with van der Waals surface area (Å²) in [5.74, 6) is -0.497. The molecule has 11 heteroatoms. The van der Waals surface area contributed by atoms with Gasteiger partial charge in [0.05, 0.1) is 10.5 Å². The number of carbonyl (C=O) groups excluding carboxylic acids is 2. The molecule has 29 heavy (non-hydrogen) atoms. The van der Waals surface area contributed by atoms with Crippen LogP contribution in [0, 0.1) is 22.0 Å². The van der Waals surface area contributed by atoms with E-state index in [0.29, 0.717) is 37.1 Å². The highest BCUT2D eigenvalue weighted by Gasteiger charge is 2.33. The summed E-state index contributed by atoms with van der Waals surface area (Å²) in [5.41, 5.74) is -2.25. The van der Waals surface area contributed by atoms with Gasteiger partial charge in [-0.1, -0.05) is 13.8 Å². The molecule has 1 aromatic rings. The maximum absolute atomic E-state index is 12.7. The lowest BCUT2D eigenvalue weighted by Crippen LogP contribution is -2.44. The average molecular weight is 417 g/mol.